The van der Waals surface area contributed by atoms with Crippen molar-refractivity contribution in [3.8, 4) is 0 Å². The first-order valence-electron chi connectivity index (χ1n) is 7.82. The second kappa shape index (κ2) is 7.29. The van der Waals surface area contributed by atoms with Gasteiger partial charge in [-0.1, -0.05) is 13.8 Å². The highest BCUT2D eigenvalue weighted by atomic mass is 16.3. The average Bonchev–Trinajstić information content (AvgIpc) is 3.16. The van der Waals surface area contributed by atoms with Crippen LogP contribution in [0.25, 0.3) is 0 Å². The summed E-state index contributed by atoms with van der Waals surface area (Å²) in [4.78, 5) is 28.7. The van der Waals surface area contributed by atoms with Crippen LogP contribution < -0.4 is 0 Å². The summed E-state index contributed by atoms with van der Waals surface area (Å²) in [7, 11) is 0. The van der Waals surface area contributed by atoms with Crippen LogP contribution >= 0.6 is 0 Å². The third-order valence-corrected chi connectivity index (χ3v) is 3.83. The van der Waals surface area contributed by atoms with Gasteiger partial charge in [0.05, 0.1) is 6.26 Å². The van der Waals surface area contributed by atoms with Crippen molar-refractivity contribution in [3.05, 3.63) is 24.2 Å². The molecule has 2 rings (SSSR count). The molecule has 116 valence electrons. The second-order valence-electron chi connectivity index (χ2n) is 5.46. The van der Waals surface area contributed by atoms with Crippen LogP contribution in [0.1, 0.15) is 50.1 Å². The van der Waals surface area contributed by atoms with Crippen LogP contribution in [0.4, 0.5) is 0 Å². The van der Waals surface area contributed by atoms with Crippen LogP contribution in [0.5, 0.6) is 0 Å². The molecule has 1 aliphatic heterocycles. The minimum absolute atomic E-state index is 0.0797. The van der Waals surface area contributed by atoms with Gasteiger partial charge in [-0.05, 0) is 37.8 Å². The maximum atomic E-state index is 12.7. The predicted molar refractivity (Wildman–Crippen MR) is 79.9 cm³/mol. The summed E-state index contributed by atoms with van der Waals surface area (Å²) >= 11 is 0. The van der Waals surface area contributed by atoms with Gasteiger partial charge in [-0.3, -0.25) is 9.59 Å². The Morgan fingerprint density at radius 3 is 2.62 bits per heavy atom. The maximum absolute atomic E-state index is 12.7. The van der Waals surface area contributed by atoms with Gasteiger partial charge in [0.25, 0.3) is 5.91 Å². The number of rotatable bonds is 6. The number of nitrogens with zero attached hydrogens (tertiary/aromatic N) is 2. The van der Waals surface area contributed by atoms with Crippen molar-refractivity contribution in [2.75, 3.05) is 19.6 Å². The fourth-order valence-corrected chi connectivity index (χ4v) is 2.89. The molecule has 1 aliphatic rings. The Morgan fingerprint density at radius 1 is 1.33 bits per heavy atom. The highest BCUT2D eigenvalue weighted by Gasteiger charge is 2.37. The van der Waals surface area contributed by atoms with Gasteiger partial charge in [-0.15, -0.1) is 0 Å². The van der Waals surface area contributed by atoms with Gasteiger partial charge >= 0.3 is 0 Å². The second-order valence-corrected chi connectivity index (χ2v) is 5.46. The van der Waals surface area contributed by atoms with E-state index in [-0.39, 0.29) is 17.9 Å². The van der Waals surface area contributed by atoms with E-state index in [4.69, 9.17) is 4.42 Å². The van der Waals surface area contributed by atoms with Gasteiger partial charge < -0.3 is 14.2 Å². The van der Waals surface area contributed by atoms with Crippen molar-refractivity contribution < 1.29 is 14.0 Å². The molecule has 1 saturated heterocycles. The number of carbonyl (C=O) groups is 2. The van der Waals surface area contributed by atoms with Gasteiger partial charge in [0.1, 0.15) is 6.04 Å². The average molecular weight is 292 g/mol. The number of hydrogen-bond donors (Lipinski definition) is 0. The topological polar surface area (TPSA) is 53.8 Å². The fourth-order valence-electron chi connectivity index (χ4n) is 2.89. The smallest absolute Gasteiger partial charge is 0.290 e. The highest BCUT2D eigenvalue weighted by molar-refractivity contribution is 5.96. The van der Waals surface area contributed by atoms with Crippen molar-refractivity contribution >= 4 is 11.8 Å². The number of amides is 2. The first-order chi connectivity index (χ1) is 10.2. The number of carbonyl (C=O) groups excluding carboxylic acids is 2. The largest absolute Gasteiger partial charge is 0.459 e. The van der Waals surface area contributed by atoms with Crippen LogP contribution in [-0.2, 0) is 4.79 Å². The van der Waals surface area contributed by atoms with Gasteiger partial charge in [0, 0.05) is 19.6 Å². The summed E-state index contributed by atoms with van der Waals surface area (Å²) in [6.45, 7) is 6.27. The van der Waals surface area contributed by atoms with Crippen LogP contribution in [0, 0.1) is 0 Å². The quantitative estimate of drug-likeness (QED) is 0.809. The molecule has 0 bridgehead atoms. The van der Waals surface area contributed by atoms with E-state index in [0.717, 1.165) is 38.8 Å². The molecule has 2 amide bonds. The summed E-state index contributed by atoms with van der Waals surface area (Å²) in [6.07, 6.45) is 4.97. The summed E-state index contributed by atoms with van der Waals surface area (Å²) in [5.41, 5.74) is 0. The zero-order valence-corrected chi connectivity index (χ0v) is 12.9. The Balaban J connectivity index is 2.10. The molecule has 0 saturated carbocycles. The van der Waals surface area contributed by atoms with Gasteiger partial charge in [-0.25, -0.2) is 0 Å². The van der Waals surface area contributed by atoms with Crippen molar-refractivity contribution in [2.45, 2.75) is 45.6 Å². The molecule has 0 spiro atoms. The van der Waals surface area contributed by atoms with E-state index < -0.39 is 0 Å². The Hall–Kier alpha value is -1.78. The van der Waals surface area contributed by atoms with E-state index in [0.29, 0.717) is 12.3 Å². The molecular weight excluding hydrogens is 268 g/mol. The summed E-state index contributed by atoms with van der Waals surface area (Å²) in [5, 5.41) is 0. The molecule has 0 radical (unpaired) electrons. The van der Waals surface area contributed by atoms with E-state index in [1.807, 2.05) is 4.90 Å². The van der Waals surface area contributed by atoms with Gasteiger partial charge in [-0.2, -0.15) is 0 Å². The van der Waals surface area contributed by atoms with E-state index >= 15 is 0 Å². The Morgan fingerprint density at radius 2 is 2.05 bits per heavy atom. The minimum atomic E-state index is -0.333. The molecule has 1 atom stereocenters. The molecular formula is C16H24N2O3. The normalized spacial score (nSPS) is 18.0. The number of likely N-dealkylation sites (tertiary alicyclic amines) is 1. The van der Waals surface area contributed by atoms with Crippen molar-refractivity contribution in [3.63, 3.8) is 0 Å². The van der Waals surface area contributed by atoms with E-state index in [1.54, 1.807) is 17.0 Å². The third kappa shape index (κ3) is 3.46. The SMILES string of the molecule is CCCN(CCC)C(=O)C1CCCN1C(=O)c1ccco1. The Kier molecular flexibility index (Phi) is 5.42. The molecule has 5 heteroatoms. The zero-order chi connectivity index (χ0) is 15.2. The summed E-state index contributed by atoms with van der Waals surface area (Å²) in [5.74, 6) is 0.215. The van der Waals surface area contributed by atoms with Crippen LogP contribution in [0.15, 0.2) is 22.8 Å². The predicted octanol–water partition coefficient (Wildman–Crippen LogP) is 2.53. The summed E-state index contributed by atoms with van der Waals surface area (Å²) in [6, 6.07) is 3.01. The molecule has 0 aliphatic carbocycles. The molecule has 1 fully saturated rings. The lowest BCUT2D eigenvalue weighted by atomic mass is 10.1. The molecule has 2 heterocycles. The standard InChI is InChI=1S/C16H24N2O3/c1-3-9-17(10-4-2)15(19)13-7-5-11-18(13)16(20)14-8-6-12-21-14/h6,8,12-13H,3-5,7,9-11H2,1-2H3. The molecule has 21 heavy (non-hydrogen) atoms. The lowest BCUT2D eigenvalue weighted by molar-refractivity contribution is -0.135. The van der Waals surface area contributed by atoms with Crippen molar-refractivity contribution in [1.82, 2.24) is 9.80 Å². The fraction of sp³-hybridized carbons (Fsp3) is 0.625. The molecule has 1 aromatic heterocycles. The first-order valence-corrected chi connectivity index (χ1v) is 7.82. The summed E-state index contributed by atoms with van der Waals surface area (Å²) < 4.78 is 5.18. The number of hydrogen-bond acceptors (Lipinski definition) is 3. The molecule has 0 aromatic carbocycles. The zero-order valence-electron chi connectivity index (χ0n) is 12.9. The molecule has 1 aromatic rings. The molecule has 1 unspecified atom stereocenters. The molecule has 0 N–H and O–H groups in total. The van der Waals surface area contributed by atoms with E-state index in [9.17, 15) is 9.59 Å². The minimum Gasteiger partial charge on any atom is -0.459 e. The lowest BCUT2D eigenvalue weighted by Gasteiger charge is -2.29. The first kappa shape index (κ1) is 15.6. The van der Waals surface area contributed by atoms with E-state index in [2.05, 4.69) is 13.8 Å². The third-order valence-electron chi connectivity index (χ3n) is 3.83. The van der Waals surface area contributed by atoms with Crippen LogP contribution in [0.3, 0.4) is 0 Å². The Labute approximate surface area is 125 Å². The van der Waals surface area contributed by atoms with Gasteiger partial charge in [0.15, 0.2) is 5.76 Å². The maximum Gasteiger partial charge on any atom is 0.290 e. The monoisotopic (exact) mass is 292 g/mol. The number of furan rings is 1. The van der Waals surface area contributed by atoms with Crippen LogP contribution in [0.2, 0.25) is 0 Å². The molecule has 5 nitrogen and oxygen atoms in total. The van der Waals surface area contributed by atoms with Crippen molar-refractivity contribution in [1.29, 1.82) is 0 Å². The van der Waals surface area contributed by atoms with Crippen LogP contribution in [-0.4, -0.2) is 47.3 Å². The van der Waals surface area contributed by atoms with E-state index in [1.165, 1.54) is 6.26 Å². The van der Waals surface area contributed by atoms with Crippen molar-refractivity contribution in [2.24, 2.45) is 0 Å². The lowest BCUT2D eigenvalue weighted by Crippen LogP contribution is -2.48. The van der Waals surface area contributed by atoms with Gasteiger partial charge in [0.2, 0.25) is 5.91 Å². The highest BCUT2D eigenvalue weighted by Crippen LogP contribution is 2.22. The Bertz CT molecular complexity index is 464.